The summed E-state index contributed by atoms with van der Waals surface area (Å²) in [5, 5.41) is 1.02. The summed E-state index contributed by atoms with van der Waals surface area (Å²) in [6.45, 7) is 0. The highest BCUT2D eigenvalue weighted by molar-refractivity contribution is 6.06. The van der Waals surface area contributed by atoms with Crippen LogP contribution in [-0.4, -0.2) is 10.9 Å². The maximum Gasteiger partial charge on any atom is 0.152 e. The lowest BCUT2D eigenvalue weighted by Crippen LogP contribution is -1.97. The van der Waals surface area contributed by atoms with Gasteiger partial charge in [0, 0.05) is 29.1 Å². The number of carbonyl (C=O) groups excluding carboxylic acids is 1. The summed E-state index contributed by atoms with van der Waals surface area (Å²) in [4.78, 5) is 11.9. The van der Waals surface area contributed by atoms with Crippen molar-refractivity contribution in [2.24, 2.45) is 7.05 Å². The number of aldehydes is 1. The van der Waals surface area contributed by atoms with Gasteiger partial charge in [-0.05, 0) is 34.7 Å². The Labute approximate surface area is 146 Å². The van der Waals surface area contributed by atoms with E-state index in [-0.39, 0.29) is 0 Å². The molecule has 0 spiro atoms. The molecule has 0 fully saturated rings. The molecule has 120 valence electrons. The van der Waals surface area contributed by atoms with Gasteiger partial charge < -0.3 is 4.57 Å². The quantitative estimate of drug-likeness (QED) is 0.408. The van der Waals surface area contributed by atoms with Crippen molar-refractivity contribution >= 4 is 17.2 Å². The van der Waals surface area contributed by atoms with Gasteiger partial charge in [0.1, 0.15) is 0 Å². The van der Waals surface area contributed by atoms with Gasteiger partial charge in [-0.1, -0.05) is 60.7 Å². The van der Waals surface area contributed by atoms with Crippen molar-refractivity contribution in [1.82, 2.24) is 4.57 Å². The average molecular weight is 323 g/mol. The molecule has 0 saturated heterocycles. The van der Waals surface area contributed by atoms with Crippen molar-refractivity contribution in [2.75, 3.05) is 0 Å². The van der Waals surface area contributed by atoms with Gasteiger partial charge in [0.25, 0.3) is 0 Å². The summed E-state index contributed by atoms with van der Waals surface area (Å²) in [7, 11) is 2.05. The maximum absolute atomic E-state index is 11.9. The van der Waals surface area contributed by atoms with Crippen LogP contribution in [0.15, 0.2) is 66.7 Å². The van der Waals surface area contributed by atoms with Gasteiger partial charge in [-0.15, -0.1) is 0 Å². The lowest BCUT2D eigenvalue weighted by molar-refractivity contribution is 0.112. The molecule has 5 rings (SSSR count). The molecule has 1 aliphatic carbocycles. The van der Waals surface area contributed by atoms with Gasteiger partial charge in [0.15, 0.2) is 6.29 Å². The first-order valence-electron chi connectivity index (χ1n) is 8.52. The second-order valence-corrected chi connectivity index (χ2v) is 6.62. The number of aromatic nitrogens is 1. The highest BCUT2D eigenvalue weighted by Crippen LogP contribution is 2.43. The average Bonchev–Trinajstić information content (AvgIpc) is 3.17. The number of nitrogens with zero attached hydrogens (tertiary/aromatic N) is 1. The van der Waals surface area contributed by atoms with Crippen molar-refractivity contribution in [3.8, 4) is 22.4 Å². The molecule has 0 saturated carbocycles. The van der Waals surface area contributed by atoms with Crippen LogP contribution in [0.2, 0.25) is 0 Å². The highest BCUT2D eigenvalue weighted by Gasteiger charge is 2.24. The molecule has 1 aliphatic rings. The SMILES string of the molecule is Cn1c(-c2cccc3c2Cc2ccccc2-3)c(C=O)c2ccccc21. The number of para-hydroxylation sites is 1. The third-order valence-electron chi connectivity index (χ3n) is 5.37. The van der Waals surface area contributed by atoms with E-state index in [1.807, 2.05) is 25.2 Å². The fourth-order valence-electron chi connectivity index (χ4n) is 4.25. The molecule has 2 heteroatoms. The molecule has 25 heavy (non-hydrogen) atoms. The van der Waals surface area contributed by atoms with Crippen LogP contribution in [0.3, 0.4) is 0 Å². The Hall–Kier alpha value is -3.13. The molecule has 0 aliphatic heterocycles. The molecule has 0 bridgehead atoms. The minimum absolute atomic E-state index is 0.780. The van der Waals surface area contributed by atoms with Crippen molar-refractivity contribution in [3.63, 3.8) is 0 Å². The molecule has 0 N–H and O–H groups in total. The molecule has 4 aromatic rings. The molecular weight excluding hydrogens is 306 g/mol. The standard InChI is InChI=1S/C23H17NO/c1-24-22-12-5-4-9-18(22)21(14-25)23(24)19-11-6-10-17-16-8-3-2-7-15(16)13-20(17)19/h2-12,14H,13H2,1H3. The third-order valence-corrected chi connectivity index (χ3v) is 5.37. The fourth-order valence-corrected chi connectivity index (χ4v) is 4.25. The van der Waals surface area contributed by atoms with Crippen molar-refractivity contribution in [3.05, 3.63) is 83.4 Å². The van der Waals surface area contributed by atoms with E-state index in [9.17, 15) is 4.79 Å². The van der Waals surface area contributed by atoms with Crippen molar-refractivity contribution in [2.45, 2.75) is 6.42 Å². The zero-order valence-corrected chi connectivity index (χ0v) is 14.0. The number of carbonyl (C=O) groups is 1. The van der Waals surface area contributed by atoms with Gasteiger partial charge in [-0.2, -0.15) is 0 Å². The molecule has 0 radical (unpaired) electrons. The maximum atomic E-state index is 11.9. The summed E-state index contributed by atoms with van der Waals surface area (Å²) >= 11 is 0. The van der Waals surface area contributed by atoms with E-state index in [1.165, 1.54) is 22.3 Å². The normalized spacial score (nSPS) is 12.2. The van der Waals surface area contributed by atoms with E-state index in [1.54, 1.807) is 0 Å². The van der Waals surface area contributed by atoms with Gasteiger partial charge in [0.2, 0.25) is 0 Å². The van der Waals surface area contributed by atoms with Gasteiger partial charge >= 0.3 is 0 Å². The molecule has 1 heterocycles. The smallest absolute Gasteiger partial charge is 0.152 e. The number of fused-ring (bicyclic) bond motifs is 4. The first kappa shape index (κ1) is 14.2. The fraction of sp³-hybridized carbons (Fsp3) is 0.0870. The number of hydrogen-bond acceptors (Lipinski definition) is 1. The van der Waals surface area contributed by atoms with Crippen LogP contribution < -0.4 is 0 Å². The summed E-state index contributed by atoms with van der Waals surface area (Å²) in [5.41, 5.74) is 9.32. The van der Waals surface area contributed by atoms with E-state index in [4.69, 9.17) is 0 Å². The van der Waals surface area contributed by atoms with E-state index in [0.29, 0.717) is 0 Å². The minimum Gasteiger partial charge on any atom is -0.343 e. The van der Waals surface area contributed by atoms with E-state index in [2.05, 4.69) is 53.1 Å². The Morgan fingerprint density at radius 1 is 0.840 bits per heavy atom. The van der Waals surface area contributed by atoms with Gasteiger partial charge in [0.05, 0.1) is 5.69 Å². The number of rotatable bonds is 2. The van der Waals surface area contributed by atoms with Crippen LogP contribution in [0.25, 0.3) is 33.3 Å². The first-order valence-corrected chi connectivity index (χ1v) is 8.52. The monoisotopic (exact) mass is 323 g/mol. The third kappa shape index (κ3) is 1.88. The Bertz CT molecular complexity index is 1150. The van der Waals surface area contributed by atoms with Crippen molar-refractivity contribution in [1.29, 1.82) is 0 Å². The van der Waals surface area contributed by atoms with Crippen LogP contribution in [0.5, 0.6) is 0 Å². The van der Waals surface area contributed by atoms with E-state index < -0.39 is 0 Å². The number of aryl methyl sites for hydroxylation is 1. The Morgan fingerprint density at radius 2 is 1.56 bits per heavy atom. The topological polar surface area (TPSA) is 22.0 Å². The summed E-state index contributed by atoms with van der Waals surface area (Å²) in [6.07, 6.45) is 1.92. The zero-order valence-electron chi connectivity index (χ0n) is 14.0. The second-order valence-electron chi connectivity index (χ2n) is 6.62. The van der Waals surface area contributed by atoms with Crippen LogP contribution in [0, 0.1) is 0 Å². The van der Waals surface area contributed by atoms with Gasteiger partial charge in [-0.25, -0.2) is 0 Å². The predicted octanol–water partition coefficient (Wildman–Crippen LogP) is 5.23. The molecule has 0 atom stereocenters. The lowest BCUT2D eigenvalue weighted by atomic mass is 9.97. The van der Waals surface area contributed by atoms with Crippen LogP contribution >= 0.6 is 0 Å². The molecule has 0 unspecified atom stereocenters. The summed E-state index contributed by atoms with van der Waals surface area (Å²) in [6, 6.07) is 23.1. The second kappa shape index (κ2) is 5.18. The first-order chi connectivity index (χ1) is 12.3. The highest BCUT2D eigenvalue weighted by atomic mass is 16.1. The molecule has 2 nitrogen and oxygen atoms in total. The van der Waals surface area contributed by atoms with E-state index in [0.717, 1.165) is 40.4 Å². The minimum atomic E-state index is 0.780. The Morgan fingerprint density at radius 3 is 2.44 bits per heavy atom. The molecule has 3 aromatic carbocycles. The summed E-state index contributed by atoms with van der Waals surface area (Å²) in [5.74, 6) is 0. The number of hydrogen-bond donors (Lipinski definition) is 0. The molecule has 1 aromatic heterocycles. The Kier molecular flexibility index (Phi) is 2.95. The lowest BCUT2D eigenvalue weighted by Gasteiger charge is -2.11. The van der Waals surface area contributed by atoms with E-state index >= 15 is 0 Å². The number of benzene rings is 3. The van der Waals surface area contributed by atoms with Crippen LogP contribution in [-0.2, 0) is 13.5 Å². The van der Waals surface area contributed by atoms with Crippen LogP contribution in [0.1, 0.15) is 21.5 Å². The van der Waals surface area contributed by atoms with Crippen molar-refractivity contribution < 1.29 is 4.79 Å². The molecular formula is C23H17NO. The molecule has 0 amide bonds. The van der Waals surface area contributed by atoms with Crippen LogP contribution in [0.4, 0.5) is 0 Å². The van der Waals surface area contributed by atoms with Gasteiger partial charge in [-0.3, -0.25) is 4.79 Å². The Balaban J connectivity index is 1.84. The summed E-state index contributed by atoms with van der Waals surface area (Å²) < 4.78 is 2.15. The zero-order chi connectivity index (χ0) is 17.0. The predicted molar refractivity (Wildman–Crippen MR) is 102 cm³/mol. The largest absolute Gasteiger partial charge is 0.343 e.